The summed E-state index contributed by atoms with van der Waals surface area (Å²) in [6.45, 7) is 0. The van der Waals surface area contributed by atoms with Gasteiger partial charge in [0.05, 0.1) is 7.11 Å². The summed E-state index contributed by atoms with van der Waals surface area (Å²) in [6.07, 6.45) is 0. The highest BCUT2D eigenvalue weighted by atomic mass is 16.5. The van der Waals surface area contributed by atoms with E-state index in [1.165, 1.54) is 37.4 Å². The van der Waals surface area contributed by atoms with Crippen LogP contribution in [0.2, 0.25) is 0 Å². The van der Waals surface area contributed by atoms with Gasteiger partial charge in [0, 0.05) is 16.7 Å². The zero-order chi connectivity index (χ0) is 18.2. The highest BCUT2D eigenvalue weighted by Crippen LogP contribution is 2.28. The molecule has 8 heteroatoms. The molecule has 8 nitrogen and oxygen atoms in total. The summed E-state index contributed by atoms with van der Waals surface area (Å²) in [4.78, 5) is 36.7. The molecular weight excluding hydrogens is 328 g/mol. The monoisotopic (exact) mass is 342 g/mol. The zero-order valence-corrected chi connectivity index (χ0v) is 13.1. The molecule has 128 valence electrons. The van der Waals surface area contributed by atoms with Gasteiger partial charge in [-0.3, -0.25) is 19.8 Å². The highest BCUT2D eigenvalue weighted by Gasteiger charge is 2.52. The van der Waals surface area contributed by atoms with E-state index in [1.54, 1.807) is 12.1 Å². The lowest BCUT2D eigenvalue weighted by Crippen LogP contribution is -2.61. The number of benzene rings is 2. The molecule has 0 radical (unpaired) electrons. The molecule has 0 saturated heterocycles. The molecule has 0 fully saturated rings. The first kappa shape index (κ1) is 16.6. The molecule has 0 aliphatic heterocycles. The van der Waals surface area contributed by atoms with Crippen LogP contribution in [0.3, 0.4) is 0 Å². The maximum absolute atomic E-state index is 12.3. The number of ether oxygens (including phenoxy) is 1. The predicted molar refractivity (Wildman–Crippen MR) is 85.3 cm³/mol. The standard InChI is InChI=1S/C17H14N2O6/c1-25-13-8-9(6-7-12(13)20)16(23)18-19-17(24)14(21)10-4-2-3-5-11(10)15(17)22/h2-8,19-20,24H,1H3,(H,18,23). The summed E-state index contributed by atoms with van der Waals surface area (Å²) in [5.41, 5.74) is 1.90. The number of aliphatic hydroxyl groups is 1. The lowest BCUT2D eigenvalue weighted by atomic mass is 10.1. The minimum absolute atomic E-state index is 0.0723. The van der Waals surface area contributed by atoms with Gasteiger partial charge in [-0.2, -0.15) is 5.43 Å². The van der Waals surface area contributed by atoms with E-state index in [0.29, 0.717) is 0 Å². The number of hydrogen-bond acceptors (Lipinski definition) is 7. The topological polar surface area (TPSA) is 125 Å². The second kappa shape index (κ2) is 6.00. The first-order valence-electron chi connectivity index (χ1n) is 7.24. The van der Waals surface area contributed by atoms with Gasteiger partial charge < -0.3 is 14.9 Å². The van der Waals surface area contributed by atoms with Crippen molar-refractivity contribution in [3.05, 3.63) is 59.2 Å². The van der Waals surface area contributed by atoms with Crippen molar-refractivity contribution in [3.8, 4) is 11.5 Å². The van der Waals surface area contributed by atoms with Crippen molar-refractivity contribution in [1.82, 2.24) is 10.9 Å². The van der Waals surface area contributed by atoms with Gasteiger partial charge in [-0.25, -0.2) is 0 Å². The Balaban J connectivity index is 1.79. The number of carbonyl (C=O) groups is 3. The summed E-state index contributed by atoms with van der Waals surface area (Å²) < 4.78 is 4.90. The number of hydrazine groups is 1. The summed E-state index contributed by atoms with van der Waals surface area (Å²) >= 11 is 0. The number of nitrogens with one attached hydrogen (secondary N) is 2. The van der Waals surface area contributed by atoms with Crippen LogP contribution in [0.25, 0.3) is 0 Å². The molecule has 1 aliphatic rings. The van der Waals surface area contributed by atoms with Crippen LogP contribution in [0.5, 0.6) is 11.5 Å². The third-order valence-corrected chi connectivity index (χ3v) is 3.87. The first-order valence-corrected chi connectivity index (χ1v) is 7.24. The average Bonchev–Trinajstić information content (AvgIpc) is 2.82. The van der Waals surface area contributed by atoms with E-state index >= 15 is 0 Å². The molecule has 0 atom stereocenters. The highest BCUT2D eigenvalue weighted by molar-refractivity contribution is 6.31. The Kier molecular flexibility index (Phi) is 3.99. The number of phenols is 1. The number of amides is 1. The van der Waals surface area contributed by atoms with Gasteiger partial charge in [0.15, 0.2) is 11.5 Å². The third-order valence-electron chi connectivity index (χ3n) is 3.87. The minimum atomic E-state index is -2.57. The zero-order valence-electron chi connectivity index (χ0n) is 13.1. The Hall–Kier alpha value is -3.23. The molecule has 0 bridgehead atoms. The fourth-order valence-corrected chi connectivity index (χ4v) is 2.52. The smallest absolute Gasteiger partial charge is 0.265 e. The van der Waals surface area contributed by atoms with Gasteiger partial charge in [-0.15, -0.1) is 0 Å². The molecule has 4 N–H and O–H groups in total. The molecule has 0 unspecified atom stereocenters. The lowest BCUT2D eigenvalue weighted by molar-refractivity contribution is 0.0138. The van der Waals surface area contributed by atoms with Crippen LogP contribution in [0.15, 0.2) is 42.5 Å². The van der Waals surface area contributed by atoms with Crippen LogP contribution in [0.1, 0.15) is 31.1 Å². The Morgan fingerprint density at radius 3 is 2.24 bits per heavy atom. The predicted octanol–water partition coefficient (Wildman–Crippen LogP) is 0.403. The summed E-state index contributed by atoms with van der Waals surface area (Å²) in [6, 6.07) is 9.80. The normalized spacial score (nSPS) is 15.0. The van der Waals surface area contributed by atoms with Crippen molar-refractivity contribution in [2.75, 3.05) is 7.11 Å². The van der Waals surface area contributed by atoms with Gasteiger partial charge in [-0.05, 0) is 18.2 Å². The van der Waals surface area contributed by atoms with Crippen molar-refractivity contribution in [2.24, 2.45) is 0 Å². The lowest BCUT2D eigenvalue weighted by Gasteiger charge is -2.21. The number of methoxy groups -OCH3 is 1. The molecule has 0 spiro atoms. The number of fused-ring (bicyclic) bond motifs is 1. The molecule has 1 amide bonds. The van der Waals surface area contributed by atoms with Crippen molar-refractivity contribution in [3.63, 3.8) is 0 Å². The molecule has 25 heavy (non-hydrogen) atoms. The summed E-state index contributed by atoms with van der Waals surface area (Å²) in [5.74, 6) is -2.51. The molecular formula is C17H14N2O6. The SMILES string of the molecule is COc1cc(C(=O)NNC2(O)C(=O)c3ccccc3C2=O)ccc1O. The van der Waals surface area contributed by atoms with Crippen molar-refractivity contribution in [1.29, 1.82) is 0 Å². The van der Waals surface area contributed by atoms with Crippen molar-refractivity contribution >= 4 is 17.5 Å². The van der Waals surface area contributed by atoms with Crippen LogP contribution in [0, 0.1) is 0 Å². The quantitative estimate of drug-likeness (QED) is 0.360. The summed E-state index contributed by atoms with van der Waals surface area (Å²) in [7, 11) is 1.32. The molecule has 0 aromatic heterocycles. The molecule has 0 heterocycles. The maximum Gasteiger partial charge on any atom is 0.265 e. The number of carbonyl (C=O) groups excluding carboxylic acids is 3. The molecule has 2 aromatic rings. The van der Waals surface area contributed by atoms with Gasteiger partial charge in [0.25, 0.3) is 11.6 Å². The Labute approximate surface area is 142 Å². The number of Topliss-reactive ketones (excluding diaryl/α,β-unsaturated/α-hetero) is 2. The van der Waals surface area contributed by atoms with E-state index < -0.39 is 23.2 Å². The van der Waals surface area contributed by atoms with E-state index in [9.17, 15) is 24.6 Å². The second-order valence-corrected chi connectivity index (χ2v) is 5.38. The van der Waals surface area contributed by atoms with Gasteiger partial charge >= 0.3 is 0 Å². The number of aromatic hydroxyl groups is 1. The second-order valence-electron chi connectivity index (χ2n) is 5.38. The van der Waals surface area contributed by atoms with Crippen LogP contribution >= 0.6 is 0 Å². The molecule has 1 aliphatic carbocycles. The molecule has 0 saturated carbocycles. The number of phenolic OH excluding ortho intramolecular Hbond substituents is 1. The number of rotatable bonds is 4. The van der Waals surface area contributed by atoms with Gasteiger partial charge in [-0.1, -0.05) is 24.3 Å². The molecule has 3 rings (SSSR count). The first-order chi connectivity index (χ1) is 11.9. The molecule has 2 aromatic carbocycles. The largest absolute Gasteiger partial charge is 0.504 e. The fraction of sp³-hybridized carbons (Fsp3) is 0.118. The van der Waals surface area contributed by atoms with Crippen LogP contribution in [0.4, 0.5) is 0 Å². The van der Waals surface area contributed by atoms with E-state index in [2.05, 4.69) is 10.9 Å². The van der Waals surface area contributed by atoms with E-state index in [1.807, 2.05) is 0 Å². The summed E-state index contributed by atoms with van der Waals surface area (Å²) in [5, 5.41) is 19.9. The van der Waals surface area contributed by atoms with E-state index in [-0.39, 0.29) is 28.2 Å². The maximum atomic E-state index is 12.3. The number of hydrogen-bond donors (Lipinski definition) is 4. The fourth-order valence-electron chi connectivity index (χ4n) is 2.52. The van der Waals surface area contributed by atoms with Crippen LogP contribution in [-0.4, -0.2) is 40.5 Å². The average molecular weight is 342 g/mol. The van der Waals surface area contributed by atoms with E-state index in [0.717, 1.165) is 0 Å². The minimum Gasteiger partial charge on any atom is -0.504 e. The van der Waals surface area contributed by atoms with E-state index in [4.69, 9.17) is 4.74 Å². The Morgan fingerprint density at radius 2 is 1.68 bits per heavy atom. The third kappa shape index (κ3) is 2.63. The number of ketones is 2. The van der Waals surface area contributed by atoms with Crippen LogP contribution < -0.4 is 15.6 Å². The van der Waals surface area contributed by atoms with Crippen molar-refractivity contribution < 1.29 is 29.3 Å². The van der Waals surface area contributed by atoms with Crippen LogP contribution in [-0.2, 0) is 0 Å². The van der Waals surface area contributed by atoms with Crippen molar-refractivity contribution in [2.45, 2.75) is 5.72 Å². The Morgan fingerprint density at radius 1 is 1.08 bits per heavy atom. The van der Waals surface area contributed by atoms with Gasteiger partial charge in [0.2, 0.25) is 11.6 Å². The Bertz CT molecular complexity index is 857. The van der Waals surface area contributed by atoms with Gasteiger partial charge in [0.1, 0.15) is 0 Å².